The van der Waals surface area contributed by atoms with Gasteiger partial charge in [0, 0.05) is 50.9 Å². The first-order valence-corrected chi connectivity index (χ1v) is 24.0. The van der Waals surface area contributed by atoms with Gasteiger partial charge in [-0.3, -0.25) is 0 Å². The van der Waals surface area contributed by atoms with Crippen LogP contribution in [0.15, 0.2) is 176 Å². The predicted octanol–water partition coefficient (Wildman–Crippen LogP) is 14.4. The Balaban J connectivity index is 1.05. The molecule has 4 heteroatoms. The molecule has 0 amide bonds. The molecule has 2 atom stereocenters. The minimum absolute atomic E-state index is 0.00684. The van der Waals surface area contributed by atoms with Crippen molar-refractivity contribution >= 4 is 79.4 Å². The zero-order chi connectivity index (χ0) is 42.6. The van der Waals surface area contributed by atoms with Gasteiger partial charge < -0.3 is 14.7 Å². The summed E-state index contributed by atoms with van der Waals surface area (Å²) in [6, 6.07) is 66.9. The van der Waals surface area contributed by atoms with Crippen molar-refractivity contribution in [2.45, 2.75) is 88.5 Å². The molecule has 5 aliphatic rings. The molecule has 0 saturated heterocycles. The first-order chi connectivity index (χ1) is 31.5. The fraction of sp³-hybridized carbons (Fsp3) is 0.233. The zero-order valence-electron chi connectivity index (χ0n) is 37.1. The van der Waals surface area contributed by atoms with Crippen LogP contribution in [0.4, 0.5) is 45.5 Å². The average molecular weight is 828 g/mol. The third-order valence-corrected chi connectivity index (χ3v) is 16.5. The van der Waals surface area contributed by atoms with E-state index in [2.05, 4.69) is 204 Å². The highest BCUT2D eigenvalue weighted by atomic mass is 15.3. The molecule has 2 unspecified atom stereocenters. The van der Waals surface area contributed by atoms with Gasteiger partial charge in [-0.25, -0.2) is 0 Å². The monoisotopic (exact) mass is 827 g/mol. The summed E-state index contributed by atoms with van der Waals surface area (Å²) in [5, 5.41) is 2.52. The molecule has 13 rings (SSSR count). The number of para-hydroxylation sites is 3. The Labute approximate surface area is 379 Å². The second-order valence-electron chi connectivity index (χ2n) is 19.8. The summed E-state index contributed by atoms with van der Waals surface area (Å²) in [6.07, 6.45) is 11.6. The molecule has 2 fully saturated rings. The fourth-order valence-electron chi connectivity index (χ4n) is 13.2. The third kappa shape index (κ3) is 5.54. The van der Waals surface area contributed by atoms with Gasteiger partial charge in [-0.2, -0.15) is 0 Å². The lowest BCUT2D eigenvalue weighted by atomic mass is 9.33. The van der Waals surface area contributed by atoms with E-state index >= 15 is 0 Å². The molecule has 3 nitrogen and oxygen atoms in total. The van der Waals surface area contributed by atoms with Crippen LogP contribution in [0.1, 0.15) is 88.7 Å². The molecular formula is C60H54BN3. The number of anilines is 8. The van der Waals surface area contributed by atoms with E-state index in [1.807, 2.05) is 0 Å². The first-order valence-electron chi connectivity index (χ1n) is 24.0. The van der Waals surface area contributed by atoms with Gasteiger partial charge in [0.15, 0.2) is 0 Å². The highest BCUT2D eigenvalue weighted by Crippen LogP contribution is 2.62. The van der Waals surface area contributed by atoms with Crippen LogP contribution in [-0.4, -0.2) is 12.3 Å². The Morgan fingerprint density at radius 3 is 2.06 bits per heavy atom. The van der Waals surface area contributed by atoms with E-state index in [0.29, 0.717) is 5.92 Å². The van der Waals surface area contributed by atoms with Crippen LogP contribution in [0, 0.1) is 0 Å². The van der Waals surface area contributed by atoms with Crippen LogP contribution < -0.4 is 31.1 Å². The number of hydrogen-bond donors (Lipinski definition) is 0. The van der Waals surface area contributed by atoms with Gasteiger partial charge in [0.25, 0.3) is 6.71 Å². The summed E-state index contributed by atoms with van der Waals surface area (Å²) in [6.45, 7) is 5.33. The van der Waals surface area contributed by atoms with Crippen LogP contribution in [0.2, 0.25) is 0 Å². The van der Waals surface area contributed by atoms with E-state index in [4.69, 9.17) is 0 Å². The Hall–Kier alpha value is -6.52. The van der Waals surface area contributed by atoms with Crippen LogP contribution in [-0.2, 0) is 5.41 Å². The third-order valence-electron chi connectivity index (χ3n) is 16.5. The van der Waals surface area contributed by atoms with Gasteiger partial charge in [-0.1, -0.05) is 148 Å². The van der Waals surface area contributed by atoms with Gasteiger partial charge in [-0.15, -0.1) is 0 Å². The lowest BCUT2D eigenvalue weighted by molar-refractivity contribution is 0.195. The molecule has 0 bridgehead atoms. The second kappa shape index (κ2) is 14.5. The summed E-state index contributed by atoms with van der Waals surface area (Å²) in [4.78, 5) is 8.01. The fourth-order valence-corrected chi connectivity index (χ4v) is 13.2. The van der Waals surface area contributed by atoms with Crippen molar-refractivity contribution in [3.63, 3.8) is 0 Å². The van der Waals surface area contributed by atoms with Crippen molar-refractivity contribution < 1.29 is 0 Å². The van der Waals surface area contributed by atoms with Crippen molar-refractivity contribution in [1.29, 1.82) is 0 Å². The van der Waals surface area contributed by atoms with Crippen LogP contribution in [0.5, 0.6) is 0 Å². The molecule has 0 spiro atoms. The van der Waals surface area contributed by atoms with E-state index in [1.165, 1.54) is 130 Å². The summed E-state index contributed by atoms with van der Waals surface area (Å²) in [5.41, 5.74) is 20.1. The van der Waals surface area contributed by atoms with E-state index in [1.54, 1.807) is 5.56 Å². The second-order valence-corrected chi connectivity index (χ2v) is 19.8. The standard InChI is InChI=1S/C60H54BN3/c1-59-34-14-15-35-60(59,2)64-56-39-46(41-18-6-3-7-19-41)38-55-57(56)61(53-29-17-28-51(59)58(53)64)52-33-32-50(40-54(52)63(55)48-25-10-5-11-26-48)62(47-23-8-4-9-24-47)49-27-16-22-44(37-49)45-31-30-42-20-12-13-21-43(42)36-45/h4-5,8-13,16-17,20-33,36-41H,3,6-7,14-15,18-19,34-35H2,1-2H3. The van der Waals surface area contributed by atoms with Crippen molar-refractivity contribution in [2.75, 3.05) is 14.7 Å². The lowest BCUT2D eigenvalue weighted by Gasteiger charge is -2.53. The van der Waals surface area contributed by atoms with E-state index < -0.39 is 0 Å². The molecule has 64 heavy (non-hydrogen) atoms. The highest BCUT2D eigenvalue weighted by molar-refractivity contribution is 7.00. The molecule has 3 heterocycles. The van der Waals surface area contributed by atoms with Crippen LogP contribution in [0.25, 0.3) is 21.9 Å². The van der Waals surface area contributed by atoms with Crippen molar-refractivity contribution in [1.82, 2.24) is 0 Å². The topological polar surface area (TPSA) is 9.72 Å². The molecule has 0 N–H and O–H groups in total. The zero-order valence-corrected chi connectivity index (χ0v) is 37.1. The molecule has 312 valence electrons. The molecule has 8 aromatic rings. The minimum Gasteiger partial charge on any atom is -0.335 e. The van der Waals surface area contributed by atoms with E-state index in [-0.39, 0.29) is 17.7 Å². The maximum atomic E-state index is 2.90. The van der Waals surface area contributed by atoms with Crippen molar-refractivity contribution in [2.24, 2.45) is 0 Å². The van der Waals surface area contributed by atoms with Gasteiger partial charge in [0.2, 0.25) is 0 Å². The van der Waals surface area contributed by atoms with Crippen molar-refractivity contribution in [3.8, 4) is 11.1 Å². The Morgan fingerprint density at radius 1 is 0.516 bits per heavy atom. The smallest absolute Gasteiger partial charge is 0.252 e. The molecule has 2 saturated carbocycles. The molecule has 0 aromatic heterocycles. The Kier molecular flexibility index (Phi) is 8.61. The summed E-state index contributed by atoms with van der Waals surface area (Å²) < 4.78 is 0. The summed E-state index contributed by atoms with van der Waals surface area (Å²) in [5.74, 6) is 0.576. The Bertz CT molecular complexity index is 3120. The largest absolute Gasteiger partial charge is 0.335 e. The number of nitrogens with zero attached hydrogens (tertiary/aromatic N) is 3. The van der Waals surface area contributed by atoms with Gasteiger partial charge in [0.1, 0.15) is 0 Å². The average Bonchev–Trinajstić information content (AvgIpc) is 3.57. The number of hydrogen-bond acceptors (Lipinski definition) is 3. The predicted molar refractivity (Wildman–Crippen MR) is 272 cm³/mol. The van der Waals surface area contributed by atoms with Gasteiger partial charge >= 0.3 is 0 Å². The van der Waals surface area contributed by atoms with Gasteiger partial charge in [0.05, 0.1) is 5.54 Å². The summed E-state index contributed by atoms with van der Waals surface area (Å²) >= 11 is 0. The van der Waals surface area contributed by atoms with Gasteiger partial charge in [-0.05, 0) is 155 Å². The number of benzene rings is 8. The van der Waals surface area contributed by atoms with E-state index in [0.717, 1.165) is 17.1 Å². The normalized spacial score (nSPS) is 20.7. The molecule has 8 aromatic carbocycles. The number of rotatable bonds is 6. The molecule has 2 aliphatic carbocycles. The van der Waals surface area contributed by atoms with Crippen LogP contribution in [0.3, 0.4) is 0 Å². The van der Waals surface area contributed by atoms with E-state index in [9.17, 15) is 0 Å². The SMILES string of the molecule is CC12CCCCC1(C)N1c3cc(C4CCCCC4)cc4c3B(c3ccc(N(c5ccccc5)c5cccc(-c6ccc7ccccc7c6)c5)cc3N4c3ccccc3)c3cccc2c31. The molecule has 0 radical (unpaired) electrons. The summed E-state index contributed by atoms with van der Waals surface area (Å²) in [7, 11) is 0. The number of fused-ring (bicyclic) bond motifs is 8. The Morgan fingerprint density at radius 2 is 1.22 bits per heavy atom. The highest BCUT2D eigenvalue weighted by Gasteiger charge is 2.61. The maximum Gasteiger partial charge on any atom is 0.252 e. The minimum atomic E-state index is 0.00684. The lowest BCUT2D eigenvalue weighted by Crippen LogP contribution is -2.64. The van der Waals surface area contributed by atoms with Crippen LogP contribution >= 0.6 is 0 Å². The maximum absolute atomic E-state index is 2.90. The molecule has 3 aliphatic heterocycles. The quantitative estimate of drug-likeness (QED) is 0.155. The van der Waals surface area contributed by atoms with Crippen molar-refractivity contribution in [3.05, 3.63) is 187 Å². The molecular weight excluding hydrogens is 773 g/mol. The first kappa shape index (κ1) is 38.0.